The van der Waals surface area contributed by atoms with Crippen LogP contribution in [-0.4, -0.2) is 37.7 Å². The number of fused-ring (bicyclic) bond motifs is 1. The minimum atomic E-state index is -0.0671. The molecule has 1 fully saturated rings. The number of aryl methyl sites for hydroxylation is 1. The van der Waals surface area contributed by atoms with E-state index in [9.17, 15) is 5.11 Å². The Labute approximate surface area is 132 Å². The Morgan fingerprint density at radius 1 is 1.27 bits per heavy atom. The Kier molecular flexibility index (Phi) is 3.38. The second-order valence-electron chi connectivity index (χ2n) is 5.69. The van der Waals surface area contributed by atoms with Gasteiger partial charge in [0, 0.05) is 0 Å². The molecule has 0 bridgehead atoms. The van der Waals surface area contributed by atoms with Crippen LogP contribution < -0.4 is 0 Å². The minimum Gasteiger partial charge on any atom is -0.492 e. The van der Waals surface area contributed by atoms with Crippen molar-refractivity contribution in [1.82, 2.24) is 19.5 Å². The highest BCUT2D eigenvalue weighted by atomic mass is 32.1. The zero-order chi connectivity index (χ0) is 15.1. The minimum absolute atomic E-state index is 0.0671. The summed E-state index contributed by atoms with van der Waals surface area (Å²) in [6, 6.07) is 3.91. The number of aromatic hydroxyl groups is 1. The maximum absolute atomic E-state index is 10.6. The third kappa shape index (κ3) is 2.21. The van der Waals surface area contributed by atoms with Crippen LogP contribution in [0, 0.1) is 6.92 Å². The van der Waals surface area contributed by atoms with Crippen LogP contribution in [0.15, 0.2) is 22.9 Å². The normalized spacial score (nSPS) is 18.0. The highest BCUT2D eigenvalue weighted by molar-refractivity contribution is 7.17. The van der Waals surface area contributed by atoms with Gasteiger partial charge < -0.3 is 9.52 Å². The molecular formula is C15H18N4O2S. The van der Waals surface area contributed by atoms with Gasteiger partial charge in [-0.2, -0.15) is 9.61 Å². The number of aromatic nitrogens is 3. The highest BCUT2D eigenvalue weighted by Gasteiger charge is 2.32. The fraction of sp³-hybridized carbons (Fsp3) is 0.467. The first-order chi connectivity index (χ1) is 10.7. The van der Waals surface area contributed by atoms with Crippen LogP contribution in [0.2, 0.25) is 0 Å². The van der Waals surface area contributed by atoms with Crippen molar-refractivity contribution in [1.29, 1.82) is 0 Å². The first-order valence-electron chi connectivity index (χ1n) is 7.56. The predicted octanol–water partition coefficient (Wildman–Crippen LogP) is 2.97. The van der Waals surface area contributed by atoms with E-state index in [1.807, 2.05) is 19.1 Å². The van der Waals surface area contributed by atoms with Gasteiger partial charge in [0.05, 0.1) is 4.88 Å². The molecule has 7 heteroatoms. The Hall–Kier alpha value is -1.86. The van der Waals surface area contributed by atoms with Gasteiger partial charge in [-0.15, -0.1) is 0 Å². The molecule has 0 saturated carbocycles. The molecule has 1 aliphatic heterocycles. The number of hydrogen-bond donors (Lipinski definition) is 1. The lowest BCUT2D eigenvalue weighted by molar-refractivity contribution is 0.168. The van der Waals surface area contributed by atoms with E-state index in [1.165, 1.54) is 41.4 Å². The van der Waals surface area contributed by atoms with Gasteiger partial charge in [0.25, 0.3) is 0 Å². The van der Waals surface area contributed by atoms with Crippen molar-refractivity contribution in [2.45, 2.75) is 32.2 Å². The molecule has 4 rings (SSSR count). The highest BCUT2D eigenvalue weighted by Crippen LogP contribution is 2.40. The van der Waals surface area contributed by atoms with Crippen LogP contribution in [0.4, 0.5) is 0 Å². The average molecular weight is 318 g/mol. The first kappa shape index (κ1) is 13.8. The molecule has 22 heavy (non-hydrogen) atoms. The van der Waals surface area contributed by atoms with Crippen molar-refractivity contribution >= 4 is 16.3 Å². The van der Waals surface area contributed by atoms with Crippen LogP contribution in [0.1, 0.15) is 41.7 Å². The molecule has 0 aromatic carbocycles. The van der Waals surface area contributed by atoms with E-state index >= 15 is 0 Å². The summed E-state index contributed by atoms with van der Waals surface area (Å²) < 4.78 is 7.38. The average Bonchev–Trinajstić information content (AvgIpc) is 3.22. The molecule has 6 nitrogen and oxygen atoms in total. The summed E-state index contributed by atoms with van der Waals surface area (Å²) >= 11 is 1.47. The molecular weight excluding hydrogens is 300 g/mol. The maximum Gasteiger partial charge on any atom is 0.230 e. The van der Waals surface area contributed by atoms with Crippen molar-refractivity contribution in [3.05, 3.63) is 34.9 Å². The number of likely N-dealkylation sites (tertiary alicyclic amines) is 1. The van der Waals surface area contributed by atoms with E-state index in [-0.39, 0.29) is 11.9 Å². The zero-order valence-corrected chi connectivity index (χ0v) is 13.2. The predicted molar refractivity (Wildman–Crippen MR) is 83.2 cm³/mol. The topological polar surface area (TPSA) is 66.8 Å². The second-order valence-corrected chi connectivity index (χ2v) is 6.70. The molecule has 0 amide bonds. The summed E-state index contributed by atoms with van der Waals surface area (Å²) in [5, 5.41) is 14.6. The molecule has 1 N–H and O–H groups in total. The Morgan fingerprint density at radius 3 is 2.77 bits per heavy atom. The SMILES string of the molecule is Cc1ccc([C@@H](c2sc3ncnn3c2O)N2CCCCC2)o1. The summed E-state index contributed by atoms with van der Waals surface area (Å²) in [6.07, 6.45) is 5.08. The lowest BCUT2D eigenvalue weighted by Crippen LogP contribution is -2.33. The fourth-order valence-electron chi connectivity index (χ4n) is 3.12. The van der Waals surface area contributed by atoms with E-state index in [1.54, 1.807) is 0 Å². The number of nitrogens with zero attached hydrogens (tertiary/aromatic N) is 4. The van der Waals surface area contributed by atoms with Gasteiger partial charge in [0.2, 0.25) is 10.8 Å². The number of furan rings is 1. The molecule has 1 atom stereocenters. The molecule has 1 saturated heterocycles. The van der Waals surface area contributed by atoms with Gasteiger partial charge in [0.15, 0.2) is 0 Å². The smallest absolute Gasteiger partial charge is 0.230 e. The number of piperidine rings is 1. The fourth-order valence-corrected chi connectivity index (χ4v) is 4.20. The van der Waals surface area contributed by atoms with Crippen molar-refractivity contribution in [3.63, 3.8) is 0 Å². The molecule has 0 aliphatic carbocycles. The van der Waals surface area contributed by atoms with Crippen molar-refractivity contribution in [3.8, 4) is 5.88 Å². The van der Waals surface area contributed by atoms with Crippen molar-refractivity contribution in [2.24, 2.45) is 0 Å². The van der Waals surface area contributed by atoms with Crippen molar-refractivity contribution < 1.29 is 9.52 Å². The summed E-state index contributed by atoms with van der Waals surface area (Å²) in [4.78, 5) is 8.13. The zero-order valence-electron chi connectivity index (χ0n) is 12.4. The van der Waals surface area contributed by atoms with Gasteiger partial charge >= 0.3 is 0 Å². The number of rotatable bonds is 3. The van der Waals surface area contributed by atoms with E-state index in [0.29, 0.717) is 4.96 Å². The molecule has 0 spiro atoms. The molecule has 3 aromatic heterocycles. The van der Waals surface area contributed by atoms with Crippen LogP contribution in [0.3, 0.4) is 0 Å². The Bertz CT molecular complexity index is 785. The van der Waals surface area contributed by atoms with E-state index in [2.05, 4.69) is 15.0 Å². The molecule has 0 radical (unpaired) electrons. The standard InChI is InChI=1S/C15H18N4O2S/c1-10-5-6-11(21-10)12(18-7-3-2-4-8-18)13-14(20)19-15(22-13)16-9-17-19/h5-6,9,12,20H,2-4,7-8H2,1H3/t12-/m0/s1. The Morgan fingerprint density at radius 2 is 2.09 bits per heavy atom. The molecule has 3 aromatic rings. The van der Waals surface area contributed by atoms with Crippen LogP contribution in [0.5, 0.6) is 5.88 Å². The van der Waals surface area contributed by atoms with E-state index < -0.39 is 0 Å². The third-order valence-corrected chi connectivity index (χ3v) is 5.26. The maximum atomic E-state index is 10.6. The quantitative estimate of drug-likeness (QED) is 0.804. The monoisotopic (exact) mass is 318 g/mol. The Balaban J connectivity index is 1.81. The van der Waals surface area contributed by atoms with Gasteiger partial charge in [-0.1, -0.05) is 17.8 Å². The molecule has 0 unspecified atom stereocenters. The molecule has 1 aliphatic rings. The molecule has 116 valence electrons. The second kappa shape index (κ2) is 5.40. The van der Waals surface area contributed by atoms with Gasteiger partial charge in [-0.25, -0.2) is 4.98 Å². The van der Waals surface area contributed by atoms with E-state index in [0.717, 1.165) is 29.5 Å². The van der Waals surface area contributed by atoms with Gasteiger partial charge in [-0.05, 0) is 45.0 Å². The number of thiazole rings is 1. The first-order valence-corrected chi connectivity index (χ1v) is 8.37. The van der Waals surface area contributed by atoms with Crippen LogP contribution in [-0.2, 0) is 0 Å². The summed E-state index contributed by atoms with van der Waals surface area (Å²) in [5.74, 6) is 1.93. The lowest BCUT2D eigenvalue weighted by Gasteiger charge is -2.32. The van der Waals surface area contributed by atoms with Crippen LogP contribution in [0.25, 0.3) is 4.96 Å². The van der Waals surface area contributed by atoms with E-state index in [4.69, 9.17) is 4.42 Å². The largest absolute Gasteiger partial charge is 0.492 e. The van der Waals surface area contributed by atoms with Gasteiger partial charge in [-0.3, -0.25) is 4.90 Å². The van der Waals surface area contributed by atoms with Crippen LogP contribution >= 0.6 is 11.3 Å². The van der Waals surface area contributed by atoms with Gasteiger partial charge in [0.1, 0.15) is 23.9 Å². The molecule has 4 heterocycles. The summed E-state index contributed by atoms with van der Waals surface area (Å²) in [7, 11) is 0. The lowest BCUT2D eigenvalue weighted by atomic mass is 10.1. The number of hydrogen-bond acceptors (Lipinski definition) is 6. The summed E-state index contributed by atoms with van der Waals surface area (Å²) in [6.45, 7) is 3.97. The summed E-state index contributed by atoms with van der Waals surface area (Å²) in [5.41, 5.74) is 0. The van der Waals surface area contributed by atoms with Crippen molar-refractivity contribution in [2.75, 3.05) is 13.1 Å². The third-order valence-electron chi connectivity index (χ3n) is 4.17.